The number of halogens is 2. The van der Waals surface area contributed by atoms with E-state index in [0.717, 1.165) is 38.0 Å². The molecule has 1 unspecified atom stereocenters. The third-order valence-electron chi connectivity index (χ3n) is 4.25. The van der Waals surface area contributed by atoms with Crippen molar-refractivity contribution in [2.45, 2.75) is 18.8 Å². The molecule has 3 nitrogen and oxygen atoms in total. The Morgan fingerprint density at radius 2 is 2.00 bits per heavy atom. The maximum Gasteiger partial charge on any atom is 0.0627 e. The van der Waals surface area contributed by atoms with E-state index in [9.17, 15) is 0 Å². The van der Waals surface area contributed by atoms with E-state index in [0.29, 0.717) is 22.5 Å². The Labute approximate surface area is 130 Å². The molecule has 0 radical (unpaired) electrons. The molecule has 1 heterocycles. The van der Waals surface area contributed by atoms with E-state index in [2.05, 4.69) is 4.90 Å². The van der Waals surface area contributed by atoms with Gasteiger partial charge in [-0.05, 0) is 50.0 Å². The molecule has 0 amide bonds. The van der Waals surface area contributed by atoms with Gasteiger partial charge in [0.25, 0.3) is 0 Å². The summed E-state index contributed by atoms with van der Waals surface area (Å²) in [5.41, 5.74) is 7.06. The van der Waals surface area contributed by atoms with Gasteiger partial charge in [-0.25, -0.2) is 0 Å². The Kier molecular flexibility index (Phi) is 6.12. The zero-order chi connectivity index (χ0) is 14.5. The minimum absolute atomic E-state index is 0.227. The number of nitrogens with two attached hydrogens (primary N) is 1. The van der Waals surface area contributed by atoms with Crippen molar-refractivity contribution < 1.29 is 5.11 Å². The molecule has 1 aromatic rings. The van der Waals surface area contributed by atoms with Crippen molar-refractivity contribution >= 4 is 23.2 Å². The Hall–Kier alpha value is -0.320. The lowest BCUT2D eigenvalue weighted by Gasteiger charge is -2.36. The van der Waals surface area contributed by atoms with Gasteiger partial charge in [-0.3, -0.25) is 0 Å². The highest BCUT2D eigenvalue weighted by atomic mass is 35.5. The van der Waals surface area contributed by atoms with Gasteiger partial charge in [-0.1, -0.05) is 35.3 Å². The number of benzene rings is 1. The Balaban J connectivity index is 2.08. The van der Waals surface area contributed by atoms with Crippen LogP contribution in [0.5, 0.6) is 0 Å². The molecule has 1 aliphatic rings. The van der Waals surface area contributed by atoms with Crippen molar-refractivity contribution in [3.8, 4) is 0 Å². The molecule has 0 aromatic heterocycles. The van der Waals surface area contributed by atoms with Crippen molar-refractivity contribution in [1.82, 2.24) is 4.90 Å². The molecule has 0 bridgehead atoms. The lowest BCUT2D eigenvalue weighted by Crippen LogP contribution is -2.38. The summed E-state index contributed by atoms with van der Waals surface area (Å²) in [7, 11) is 0. The molecular weight excluding hydrogens is 295 g/mol. The number of β-amino-alcohol motifs (C(OH)–C–C–N with tert-alkyl or cyclic N) is 1. The number of hydrogen-bond donors (Lipinski definition) is 2. The molecule has 0 aliphatic carbocycles. The average molecular weight is 317 g/mol. The Morgan fingerprint density at radius 3 is 2.60 bits per heavy atom. The lowest BCUT2D eigenvalue weighted by atomic mass is 9.80. The first kappa shape index (κ1) is 16.1. The first-order valence-corrected chi connectivity index (χ1v) is 7.90. The van der Waals surface area contributed by atoms with Crippen LogP contribution < -0.4 is 5.73 Å². The van der Waals surface area contributed by atoms with E-state index in [-0.39, 0.29) is 12.5 Å². The minimum Gasteiger partial charge on any atom is -0.395 e. The molecule has 3 N–H and O–H groups in total. The van der Waals surface area contributed by atoms with E-state index < -0.39 is 0 Å². The molecule has 20 heavy (non-hydrogen) atoms. The second-order valence-corrected chi connectivity index (χ2v) is 6.17. The van der Waals surface area contributed by atoms with E-state index in [1.807, 2.05) is 18.2 Å². The fourth-order valence-electron chi connectivity index (χ4n) is 3.10. The largest absolute Gasteiger partial charge is 0.395 e. The van der Waals surface area contributed by atoms with Crippen LogP contribution in [0.3, 0.4) is 0 Å². The first-order chi connectivity index (χ1) is 9.67. The van der Waals surface area contributed by atoms with Gasteiger partial charge >= 0.3 is 0 Å². The van der Waals surface area contributed by atoms with Crippen molar-refractivity contribution in [1.29, 1.82) is 0 Å². The number of rotatable bonds is 5. The Bertz CT molecular complexity index is 434. The van der Waals surface area contributed by atoms with Crippen LogP contribution >= 0.6 is 23.2 Å². The first-order valence-electron chi connectivity index (χ1n) is 7.14. The zero-order valence-corrected chi connectivity index (χ0v) is 13.1. The van der Waals surface area contributed by atoms with Crippen molar-refractivity contribution in [3.63, 3.8) is 0 Å². The van der Waals surface area contributed by atoms with Crippen molar-refractivity contribution in [3.05, 3.63) is 33.8 Å². The minimum atomic E-state index is 0.227. The molecule has 1 aliphatic heterocycles. The van der Waals surface area contributed by atoms with Crippen LogP contribution in [0, 0.1) is 5.92 Å². The smallest absolute Gasteiger partial charge is 0.0627 e. The number of aliphatic hydroxyl groups is 1. The third kappa shape index (κ3) is 3.66. The predicted octanol–water partition coefficient (Wildman–Crippen LogP) is 2.74. The Morgan fingerprint density at radius 1 is 1.30 bits per heavy atom. The molecule has 112 valence electrons. The summed E-state index contributed by atoms with van der Waals surface area (Å²) >= 11 is 12.4. The summed E-state index contributed by atoms with van der Waals surface area (Å²) in [6.07, 6.45) is 2.18. The molecule has 0 spiro atoms. The highest BCUT2D eigenvalue weighted by molar-refractivity contribution is 6.42. The van der Waals surface area contributed by atoms with Crippen LogP contribution in [-0.2, 0) is 0 Å². The SMILES string of the molecule is NCC(c1cccc(Cl)c1Cl)C1CCN(CCO)CC1. The summed E-state index contributed by atoms with van der Waals surface area (Å²) < 4.78 is 0. The molecule has 1 atom stereocenters. The van der Waals surface area contributed by atoms with Crippen LogP contribution in [0.2, 0.25) is 10.0 Å². The summed E-state index contributed by atoms with van der Waals surface area (Å²) in [6, 6.07) is 5.78. The molecule has 1 saturated heterocycles. The molecule has 2 rings (SSSR count). The lowest BCUT2D eigenvalue weighted by molar-refractivity contribution is 0.138. The van der Waals surface area contributed by atoms with Gasteiger partial charge in [0, 0.05) is 12.5 Å². The van der Waals surface area contributed by atoms with Crippen molar-refractivity contribution in [2.24, 2.45) is 11.7 Å². The average Bonchev–Trinajstić information content (AvgIpc) is 2.46. The highest BCUT2D eigenvalue weighted by Gasteiger charge is 2.28. The van der Waals surface area contributed by atoms with Crippen LogP contribution in [0.25, 0.3) is 0 Å². The second-order valence-electron chi connectivity index (χ2n) is 5.39. The van der Waals surface area contributed by atoms with Gasteiger partial charge < -0.3 is 15.7 Å². The van der Waals surface area contributed by atoms with Gasteiger partial charge in [0.15, 0.2) is 0 Å². The summed E-state index contributed by atoms with van der Waals surface area (Å²) in [5, 5.41) is 10.2. The third-order valence-corrected chi connectivity index (χ3v) is 5.09. The number of aliphatic hydroxyl groups excluding tert-OH is 1. The standard InChI is InChI=1S/C15H22Cl2N2O/c16-14-3-1-2-12(15(14)17)13(10-18)11-4-6-19(7-5-11)8-9-20/h1-3,11,13,20H,4-10,18H2. The zero-order valence-electron chi connectivity index (χ0n) is 11.6. The molecular formula is C15H22Cl2N2O. The van der Waals surface area contributed by atoms with E-state index >= 15 is 0 Å². The quantitative estimate of drug-likeness (QED) is 0.878. The second kappa shape index (κ2) is 7.62. The fraction of sp³-hybridized carbons (Fsp3) is 0.600. The van der Waals surface area contributed by atoms with Crippen molar-refractivity contribution in [2.75, 3.05) is 32.8 Å². The van der Waals surface area contributed by atoms with E-state index in [1.54, 1.807) is 0 Å². The summed E-state index contributed by atoms with van der Waals surface area (Å²) in [6.45, 7) is 3.60. The van der Waals surface area contributed by atoms with Gasteiger partial charge in [-0.2, -0.15) is 0 Å². The normalized spacial score (nSPS) is 19.2. The number of likely N-dealkylation sites (tertiary alicyclic amines) is 1. The molecule has 1 aromatic carbocycles. The summed E-state index contributed by atoms with van der Waals surface area (Å²) in [5.74, 6) is 0.795. The van der Waals surface area contributed by atoms with Crippen LogP contribution in [0.4, 0.5) is 0 Å². The van der Waals surface area contributed by atoms with Gasteiger partial charge in [-0.15, -0.1) is 0 Å². The molecule has 5 heteroatoms. The fourth-order valence-corrected chi connectivity index (χ4v) is 3.55. The molecule has 0 saturated carbocycles. The van der Waals surface area contributed by atoms with Crippen LogP contribution in [0.15, 0.2) is 18.2 Å². The monoisotopic (exact) mass is 316 g/mol. The van der Waals surface area contributed by atoms with Crippen LogP contribution in [-0.4, -0.2) is 42.8 Å². The highest BCUT2D eigenvalue weighted by Crippen LogP contribution is 2.37. The van der Waals surface area contributed by atoms with Gasteiger partial charge in [0.1, 0.15) is 0 Å². The maximum absolute atomic E-state index is 8.99. The van der Waals surface area contributed by atoms with E-state index in [4.69, 9.17) is 34.0 Å². The van der Waals surface area contributed by atoms with Crippen LogP contribution in [0.1, 0.15) is 24.3 Å². The maximum atomic E-state index is 8.99. The topological polar surface area (TPSA) is 49.5 Å². The summed E-state index contributed by atoms with van der Waals surface area (Å²) in [4.78, 5) is 2.30. The van der Waals surface area contributed by atoms with Gasteiger partial charge in [0.2, 0.25) is 0 Å². The number of piperidine rings is 1. The molecule has 1 fully saturated rings. The number of hydrogen-bond acceptors (Lipinski definition) is 3. The predicted molar refractivity (Wildman–Crippen MR) is 84.5 cm³/mol. The number of nitrogens with zero attached hydrogens (tertiary/aromatic N) is 1. The van der Waals surface area contributed by atoms with Gasteiger partial charge in [0.05, 0.1) is 16.7 Å². The van der Waals surface area contributed by atoms with E-state index in [1.165, 1.54) is 0 Å².